The first kappa shape index (κ1) is 12.6. The summed E-state index contributed by atoms with van der Waals surface area (Å²) in [5.41, 5.74) is -0.535. The van der Waals surface area contributed by atoms with E-state index in [1.165, 1.54) is 0 Å². The smallest absolute Gasteiger partial charge is 0.416 e. The molecule has 0 saturated carbocycles. The minimum Gasteiger partial charge on any atom is -0.443 e. The number of rotatable bonds is 2. The van der Waals surface area contributed by atoms with Gasteiger partial charge in [-0.1, -0.05) is 6.92 Å². The number of alkyl halides is 3. The van der Waals surface area contributed by atoms with Gasteiger partial charge in [-0.05, 0) is 24.6 Å². The van der Waals surface area contributed by atoms with Gasteiger partial charge in [-0.15, -0.1) is 0 Å². The summed E-state index contributed by atoms with van der Waals surface area (Å²) >= 11 is 0. The van der Waals surface area contributed by atoms with Crippen molar-refractivity contribution in [3.63, 3.8) is 0 Å². The molecule has 0 saturated heterocycles. The van der Waals surface area contributed by atoms with Crippen LogP contribution >= 0.6 is 0 Å². The van der Waals surface area contributed by atoms with Gasteiger partial charge in [0.2, 0.25) is 0 Å². The fourth-order valence-corrected chi connectivity index (χ4v) is 1.62. The van der Waals surface area contributed by atoms with Gasteiger partial charge in [0.1, 0.15) is 5.82 Å². The number of aromatic nitrogens is 1. The van der Waals surface area contributed by atoms with Crippen molar-refractivity contribution in [1.82, 2.24) is 4.98 Å². The third-order valence-corrected chi connectivity index (χ3v) is 2.52. The number of oxazole rings is 1. The Labute approximate surface area is 100 Å². The van der Waals surface area contributed by atoms with E-state index in [1.807, 2.05) is 0 Å². The SMILES string of the molecule is CCc1ncoc1-c1ccc(C(F)(F)F)cc1F. The van der Waals surface area contributed by atoms with Crippen LogP contribution in [0.2, 0.25) is 0 Å². The highest BCUT2D eigenvalue weighted by Gasteiger charge is 2.31. The molecule has 6 heteroatoms. The molecular weight excluding hydrogens is 250 g/mol. The fraction of sp³-hybridized carbons (Fsp3) is 0.250. The number of hydrogen-bond donors (Lipinski definition) is 0. The maximum Gasteiger partial charge on any atom is 0.416 e. The van der Waals surface area contributed by atoms with Crippen LogP contribution < -0.4 is 0 Å². The van der Waals surface area contributed by atoms with E-state index in [2.05, 4.69) is 4.98 Å². The molecule has 0 N–H and O–H groups in total. The average molecular weight is 259 g/mol. The summed E-state index contributed by atoms with van der Waals surface area (Å²) in [6.45, 7) is 1.79. The Bertz CT molecular complexity index is 559. The maximum absolute atomic E-state index is 13.7. The fourth-order valence-electron chi connectivity index (χ4n) is 1.62. The van der Waals surface area contributed by atoms with Gasteiger partial charge >= 0.3 is 6.18 Å². The Hall–Kier alpha value is -1.85. The first-order chi connectivity index (χ1) is 8.43. The van der Waals surface area contributed by atoms with E-state index in [-0.39, 0.29) is 11.3 Å². The molecule has 96 valence electrons. The van der Waals surface area contributed by atoms with Crippen LogP contribution in [0.3, 0.4) is 0 Å². The van der Waals surface area contributed by atoms with Crippen molar-refractivity contribution in [3.8, 4) is 11.3 Å². The summed E-state index contributed by atoms with van der Waals surface area (Å²) < 4.78 is 55.8. The van der Waals surface area contributed by atoms with E-state index in [0.29, 0.717) is 18.2 Å². The lowest BCUT2D eigenvalue weighted by Crippen LogP contribution is -2.05. The first-order valence-electron chi connectivity index (χ1n) is 5.23. The van der Waals surface area contributed by atoms with Crippen molar-refractivity contribution in [2.75, 3.05) is 0 Å². The lowest BCUT2D eigenvalue weighted by Gasteiger charge is -2.08. The summed E-state index contributed by atoms with van der Waals surface area (Å²) in [6, 6.07) is 2.33. The zero-order valence-electron chi connectivity index (χ0n) is 9.38. The van der Waals surface area contributed by atoms with Gasteiger partial charge in [-0.2, -0.15) is 13.2 Å². The van der Waals surface area contributed by atoms with E-state index in [9.17, 15) is 17.6 Å². The molecule has 2 nitrogen and oxygen atoms in total. The second-order valence-electron chi connectivity index (χ2n) is 3.67. The van der Waals surface area contributed by atoms with Crippen LogP contribution in [0.4, 0.5) is 17.6 Å². The molecule has 1 heterocycles. The average Bonchev–Trinajstić information content (AvgIpc) is 2.75. The molecule has 0 bridgehead atoms. The first-order valence-corrected chi connectivity index (χ1v) is 5.23. The molecule has 2 rings (SSSR count). The second-order valence-corrected chi connectivity index (χ2v) is 3.67. The van der Waals surface area contributed by atoms with Gasteiger partial charge in [-0.25, -0.2) is 9.37 Å². The predicted octanol–water partition coefficient (Wildman–Crippen LogP) is 4.06. The molecule has 1 aromatic heterocycles. The number of nitrogens with zero attached hydrogens (tertiary/aromatic N) is 1. The molecule has 0 atom stereocenters. The number of benzene rings is 1. The van der Waals surface area contributed by atoms with E-state index in [0.717, 1.165) is 18.5 Å². The Morgan fingerprint density at radius 1 is 1.28 bits per heavy atom. The van der Waals surface area contributed by atoms with Crippen LogP contribution in [0.5, 0.6) is 0 Å². The van der Waals surface area contributed by atoms with Crippen molar-refractivity contribution in [2.24, 2.45) is 0 Å². The molecule has 1 aromatic carbocycles. The Kier molecular flexibility index (Phi) is 3.11. The predicted molar refractivity (Wildman–Crippen MR) is 56.3 cm³/mol. The highest BCUT2D eigenvalue weighted by Crippen LogP contribution is 2.33. The molecule has 18 heavy (non-hydrogen) atoms. The summed E-state index contributed by atoms with van der Waals surface area (Å²) in [5, 5.41) is 0. The quantitative estimate of drug-likeness (QED) is 0.760. The third kappa shape index (κ3) is 2.23. The van der Waals surface area contributed by atoms with Crippen molar-refractivity contribution in [2.45, 2.75) is 19.5 Å². The molecule has 0 fully saturated rings. The van der Waals surface area contributed by atoms with Gasteiger partial charge < -0.3 is 4.42 Å². The van der Waals surface area contributed by atoms with Gasteiger partial charge in [-0.3, -0.25) is 0 Å². The summed E-state index contributed by atoms with van der Waals surface area (Å²) in [4.78, 5) is 3.87. The van der Waals surface area contributed by atoms with Crippen molar-refractivity contribution in [3.05, 3.63) is 41.7 Å². The van der Waals surface area contributed by atoms with Crippen molar-refractivity contribution >= 4 is 0 Å². The molecule has 0 aliphatic heterocycles. The Morgan fingerprint density at radius 3 is 2.56 bits per heavy atom. The zero-order chi connectivity index (χ0) is 13.3. The zero-order valence-corrected chi connectivity index (χ0v) is 9.38. The lowest BCUT2D eigenvalue weighted by molar-refractivity contribution is -0.137. The second kappa shape index (κ2) is 4.44. The summed E-state index contributed by atoms with van der Waals surface area (Å²) in [6.07, 6.45) is -2.91. The van der Waals surface area contributed by atoms with Crippen molar-refractivity contribution < 1.29 is 22.0 Å². The molecule has 0 amide bonds. The van der Waals surface area contributed by atoms with Crippen LogP contribution in [0.1, 0.15) is 18.2 Å². The van der Waals surface area contributed by atoms with Gasteiger partial charge in [0.25, 0.3) is 0 Å². The lowest BCUT2D eigenvalue weighted by atomic mass is 10.1. The number of aryl methyl sites for hydroxylation is 1. The monoisotopic (exact) mass is 259 g/mol. The molecule has 0 aliphatic rings. The van der Waals surface area contributed by atoms with E-state index < -0.39 is 17.6 Å². The van der Waals surface area contributed by atoms with E-state index >= 15 is 0 Å². The molecule has 0 radical (unpaired) electrons. The van der Waals surface area contributed by atoms with Crippen LogP contribution in [0.25, 0.3) is 11.3 Å². The minimum absolute atomic E-state index is 0.0163. The van der Waals surface area contributed by atoms with Crippen LogP contribution in [-0.4, -0.2) is 4.98 Å². The summed E-state index contributed by atoms with van der Waals surface area (Å²) in [7, 11) is 0. The van der Waals surface area contributed by atoms with E-state index in [1.54, 1.807) is 6.92 Å². The molecule has 2 aromatic rings. The van der Waals surface area contributed by atoms with Crippen molar-refractivity contribution in [1.29, 1.82) is 0 Å². The summed E-state index contributed by atoms with van der Waals surface area (Å²) in [5.74, 6) is -0.806. The molecule has 0 spiro atoms. The molecule has 0 aliphatic carbocycles. The van der Waals surface area contributed by atoms with Gasteiger partial charge in [0, 0.05) is 0 Å². The Morgan fingerprint density at radius 2 is 2.00 bits per heavy atom. The number of halogens is 4. The number of hydrogen-bond acceptors (Lipinski definition) is 2. The molecule has 0 unspecified atom stereocenters. The largest absolute Gasteiger partial charge is 0.443 e. The third-order valence-electron chi connectivity index (χ3n) is 2.52. The van der Waals surface area contributed by atoms with Crippen LogP contribution in [-0.2, 0) is 12.6 Å². The normalized spacial score (nSPS) is 11.8. The van der Waals surface area contributed by atoms with E-state index in [4.69, 9.17) is 4.42 Å². The van der Waals surface area contributed by atoms with Crippen LogP contribution in [0, 0.1) is 5.82 Å². The minimum atomic E-state index is -4.56. The maximum atomic E-state index is 13.7. The highest BCUT2D eigenvalue weighted by molar-refractivity contribution is 5.61. The molecular formula is C12H9F4NO. The highest BCUT2D eigenvalue weighted by atomic mass is 19.4. The topological polar surface area (TPSA) is 26.0 Å². The van der Waals surface area contributed by atoms with Crippen LogP contribution in [0.15, 0.2) is 29.0 Å². The van der Waals surface area contributed by atoms with Gasteiger partial charge in [0.15, 0.2) is 12.2 Å². The standard InChI is InChI=1S/C12H9F4NO/c1-2-10-11(18-6-17-10)8-4-3-7(5-9(8)13)12(14,15)16/h3-6H,2H2,1H3. The Balaban J connectivity index is 2.48. The van der Waals surface area contributed by atoms with Gasteiger partial charge in [0.05, 0.1) is 16.8 Å².